The third kappa shape index (κ3) is 6.29. The summed E-state index contributed by atoms with van der Waals surface area (Å²) in [7, 11) is -3.60. The van der Waals surface area contributed by atoms with Crippen molar-refractivity contribution in [2.24, 2.45) is 5.92 Å². The summed E-state index contributed by atoms with van der Waals surface area (Å²) in [6.07, 6.45) is -0.963. The van der Waals surface area contributed by atoms with Gasteiger partial charge in [0.2, 0.25) is 0 Å². The van der Waals surface area contributed by atoms with Crippen molar-refractivity contribution in [2.75, 3.05) is 5.75 Å². The molecule has 0 radical (unpaired) electrons. The molecule has 0 aliphatic heterocycles. The maximum atomic E-state index is 12.7. The van der Waals surface area contributed by atoms with Crippen molar-refractivity contribution in [1.82, 2.24) is 5.32 Å². The predicted octanol–water partition coefficient (Wildman–Crippen LogP) is 3.23. The first kappa shape index (κ1) is 21.9. The molecule has 0 aromatic heterocycles. The van der Waals surface area contributed by atoms with Crippen LogP contribution >= 0.6 is 0 Å². The Labute approximate surface area is 154 Å². The fourth-order valence-electron chi connectivity index (χ4n) is 2.27. The maximum Gasteiger partial charge on any atom is 0.407 e. The lowest BCUT2D eigenvalue weighted by atomic mass is 10.1. The Morgan fingerprint density at radius 3 is 2.12 bits per heavy atom. The van der Waals surface area contributed by atoms with Crippen LogP contribution in [-0.4, -0.2) is 37.3 Å². The van der Waals surface area contributed by atoms with Crippen LogP contribution in [0, 0.1) is 16.0 Å². The normalized spacial score (nSPS) is 14.1. The highest BCUT2D eigenvalue weighted by atomic mass is 32.2. The van der Waals surface area contributed by atoms with Crippen LogP contribution in [-0.2, 0) is 14.6 Å². The molecule has 1 N–H and O–H groups in total. The summed E-state index contributed by atoms with van der Waals surface area (Å²) >= 11 is 0. The van der Waals surface area contributed by atoms with Gasteiger partial charge in [0, 0.05) is 18.2 Å². The lowest BCUT2D eigenvalue weighted by Gasteiger charge is -2.24. The van der Waals surface area contributed by atoms with Crippen LogP contribution in [0.25, 0.3) is 0 Å². The molecule has 1 rings (SSSR count). The molecule has 2 atom stereocenters. The number of sulfone groups is 1. The zero-order valence-electron chi connectivity index (χ0n) is 15.6. The second-order valence-corrected chi connectivity index (χ2v) is 9.14. The average molecular weight is 386 g/mol. The summed E-state index contributed by atoms with van der Waals surface area (Å²) in [6.45, 7) is 8.56. The van der Waals surface area contributed by atoms with Gasteiger partial charge in [0.05, 0.1) is 22.0 Å². The quantitative estimate of drug-likeness (QED) is 0.542. The molecule has 1 amide bonds. The first-order valence-corrected chi connectivity index (χ1v) is 10.1. The number of hydrogen-bond acceptors (Lipinski definition) is 6. The van der Waals surface area contributed by atoms with Gasteiger partial charge >= 0.3 is 6.09 Å². The second kappa shape index (κ2) is 8.98. The van der Waals surface area contributed by atoms with Gasteiger partial charge in [-0.2, -0.15) is 0 Å². The Balaban J connectivity index is 2.92. The molecule has 1 aromatic carbocycles. The van der Waals surface area contributed by atoms with Gasteiger partial charge in [0.25, 0.3) is 5.69 Å². The van der Waals surface area contributed by atoms with Crippen LogP contribution < -0.4 is 5.32 Å². The molecule has 1 aromatic rings. The molecule has 26 heavy (non-hydrogen) atoms. The molecule has 0 aliphatic rings. The van der Waals surface area contributed by atoms with E-state index in [0.717, 1.165) is 0 Å². The van der Waals surface area contributed by atoms with Crippen molar-refractivity contribution in [3.63, 3.8) is 0 Å². The Hall–Kier alpha value is -2.16. The minimum atomic E-state index is -3.60. The largest absolute Gasteiger partial charge is 0.447 e. The summed E-state index contributed by atoms with van der Waals surface area (Å²) in [5, 5.41) is 12.5. The number of nitrogens with one attached hydrogen (secondary N) is 1. The van der Waals surface area contributed by atoms with E-state index in [4.69, 9.17) is 4.74 Å². The fourth-order valence-corrected chi connectivity index (χ4v) is 4.10. The fraction of sp³-hybridized carbons (Fsp3) is 0.588. The molecule has 8 nitrogen and oxygen atoms in total. The van der Waals surface area contributed by atoms with Crippen molar-refractivity contribution in [3.8, 4) is 0 Å². The Morgan fingerprint density at radius 1 is 1.15 bits per heavy atom. The molecule has 0 spiro atoms. The Kier molecular flexibility index (Phi) is 7.55. The van der Waals surface area contributed by atoms with Crippen molar-refractivity contribution in [2.45, 2.75) is 52.0 Å². The molecular formula is C17H26N2O6S. The highest BCUT2D eigenvalue weighted by Gasteiger charge is 2.29. The molecule has 0 saturated heterocycles. The van der Waals surface area contributed by atoms with Gasteiger partial charge in [-0.1, -0.05) is 26.0 Å². The number of amides is 1. The SMILES string of the molecule is CC(C)OC(=O)N[C@H](CS(=O)(=O)C(C)c1ccc([N+](=O)[O-])cc1)C(C)C. The number of non-ortho nitro benzene ring substituents is 1. The van der Waals surface area contributed by atoms with E-state index in [1.54, 1.807) is 13.8 Å². The van der Waals surface area contributed by atoms with Crippen LogP contribution in [0.2, 0.25) is 0 Å². The lowest BCUT2D eigenvalue weighted by molar-refractivity contribution is -0.384. The van der Waals surface area contributed by atoms with Crippen LogP contribution in [0.15, 0.2) is 24.3 Å². The standard InChI is InChI=1S/C17H26N2O6S/c1-11(2)16(18-17(20)25-12(3)4)10-26(23,24)13(5)14-6-8-15(9-7-14)19(21)22/h6-9,11-13,16H,10H2,1-5H3,(H,18,20)/t13?,16-/m1/s1. The van der Waals surface area contributed by atoms with Gasteiger partial charge in [-0.15, -0.1) is 0 Å². The van der Waals surface area contributed by atoms with E-state index >= 15 is 0 Å². The van der Waals surface area contributed by atoms with Crippen LogP contribution in [0.1, 0.15) is 45.4 Å². The predicted molar refractivity (Wildman–Crippen MR) is 98.7 cm³/mol. The van der Waals surface area contributed by atoms with E-state index in [0.29, 0.717) is 5.56 Å². The number of carbonyl (C=O) groups excluding carboxylic acids is 1. The first-order valence-electron chi connectivity index (χ1n) is 8.37. The maximum absolute atomic E-state index is 12.7. The number of benzene rings is 1. The summed E-state index contributed by atoms with van der Waals surface area (Å²) in [5.74, 6) is -0.371. The number of hydrogen-bond donors (Lipinski definition) is 1. The number of carbonyl (C=O) groups is 1. The third-order valence-corrected chi connectivity index (χ3v) is 6.15. The molecule has 1 unspecified atom stereocenters. The topological polar surface area (TPSA) is 116 Å². The van der Waals surface area contributed by atoms with Crippen molar-refractivity contribution >= 4 is 21.6 Å². The smallest absolute Gasteiger partial charge is 0.407 e. The van der Waals surface area contributed by atoms with Crippen LogP contribution in [0.4, 0.5) is 10.5 Å². The van der Waals surface area contributed by atoms with E-state index in [9.17, 15) is 23.3 Å². The molecule has 0 aliphatic carbocycles. The monoisotopic (exact) mass is 386 g/mol. The summed E-state index contributed by atoms with van der Waals surface area (Å²) in [6, 6.07) is 4.82. The van der Waals surface area contributed by atoms with E-state index in [-0.39, 0.29) is 23.5 Å². The van der Waals surface area contributed by atoms with E-state index in [1.807, 2.05) is 13.8 Å². The minimum absolute atomic E-state index is 0.100. The molecular weight excluding hydrogens is 360 g/mol. The van der Waals surface area contributed by atoms with Gasteiger partial charge in [0.15, 0.2) is 9.84 Å². The molecule has 9 heteroatoms. The van der Waals surface area contributed by atoms with Gasteiger partial charge in [-0.25, -0.2) is 13.2 Å². The number of alkyl carbamates (subject to hydrolysis) is 1. The van der Waals surface area contributed by atoms with Crippen molar-refractivity contribution in [3.05, 3.63) is 39.9 Å². The number of nitrogens with zero attached hydrogens (tertiary/aromatic N) is 1. The Morgan fingerprint density at radius 2 is 1.69 bits per heavy atom. The number of rotatable bonds is 8. The average Bonchev–Trinajstić information content (AvgIpc) is 2.52. The second-order valence-electron chi connectivity index (χ2n) is 6.77. The van der Waals surface area contributed by atoms with E-state index in [2.05, 4.69) is 5.32 Å². The number of ether oxygens (including phenoxy) is 1. The highest BCUT2D eigenvalue weighted by molar-refractivity contribution is 7.91. The lowest BCUT2D eigenvalue weighted by Crippen LogP contribution is -2.44. The highest BCUT2D eigenvalue weighted by Crippen LogP contribution is 2.26. The van der Waals surface area contributed by atoms with Gasteiger partial charge in [0.1, 0.15) is 0 Å². The minimum Gasteiger partial charge on any atom is -0.447 e. The van der Waals surface area contributed by atoms with Crippen LogP contribution in [0.3, 0.4) is 0 Å². The Bertz CT molecular complexity index is 728. The molecule has 146 valence electrons. The summed E-state index contributed by atoms with van der Waals surface area (Å²) < 4.78 is 30.5. The van der Waals surface area contributed by atoms with Gasteiger partial charge in [-0.3, -0.25) is 10.1 Å². The first-order chi connectivity index (χ1) is 11.9. The number of nitro benzene ring substituents is 1. The summed E-state index contributed by atoms with van der Waals surface area (Å²) in [4.78, 5) is 22.0. The molecule has 0 saturated carbocycles. The van der Waals surface area contributed by atoms with Crippen molar-refractivity contribution < 1.29 is 22.9 Å². The van der Waals surface area contributed by atoms with Crippen molar-refractivity contribution in [1.29, 1.82) is 0 Å². The molecule has 0 bridgehead atoms. The zero-order valence-corrected chi connectivity index (χ0v) is 16.4. The number of nitro groups is 1. The van der Waals surface area contributed by atoms with E-state index in [1.165, 1.54) is 31.2 Å². The molecule has 0 fully saturated rings. The van der Waals surface area contributed by atoms with Crippen LogP contribution in [0.5, 0.6) is 0 Å². The van der Waals surface area contributed by atoms with E-state index < -0.39 is 32.1 Å². The van der Waals surface area contributed by atoms with Gasteiger partial charge in [-0.05, 0) is 32.3 Å². The third-order valence-electron chi connectivity index (χ3n) is 3.97. The zero-order chi connectivity index (χ0) is 20.1. The molecule has 0 heterocycles. The van der Waals surface area contributed by atoms with Gasteiger partial charge < -0.3 is 10.1 Å². The summed E-state index contributed by atoms with van der Waals surface area (Å²) in [5.41, 5.74) is 0.361.